The van der Waals surface area contributed by atoms with Crippen LogP contribution < -0.4 is 0 Å². The van der Waals surface area contributed by atoms with E-state index in [-0.39, 0.29) is 6.04 Å². The van der Waals surface area contributed by atoms with Crippen LogP contribution in [-0.2, 0) is 4.79 Å². The predicted molar refractivity (Wildman–Crippen MR) is 55.4 cm³/mol. The molecular weight excluding hydrogens is 180 g/mol. The van der Waals surface area contributed by atoms with E-state index in [9.17, 15) is 4.79 Å². The Labute approximate surface area is 85.5 Å². The quantitative estimate of drug-likeness (QED) is 0.720. The number of carboxylic acid groups (broad SMARTS) is 1. The highest BCUT2D eigenvalue weighted by molar-refractivity contribution is 5.72. The topological polar surface area (TPSA) is 43.8 Å². The summed E-state index contributed by atoms with van der Waals surface area (Å²) < 4.78 is 0. The molecule has 82 valence electrons. The molecule has 0 amide bonds. The van der Waals surface area contributed by atoms with Crippen molar-refractivity contribution in [2.45, 2.75) is 32.9 Å². The summed E-state index contributed by atoms with van der Waals surface area (Å²) in [5, 5.41) is 8.89. The van der Waals surface area contributed by atoms with Crippen LogP contribution in [0.25, 0.3) is 0 Å². The monoisotopic (exact) mass is 200 g/mol. The van der Waals surface area contributed by atoms with E-state index >= 15 is 0 Å². The first kappa shape index (κ1) is 11.5. The van der Waals surface area contributed by atoms with Crippen molar-refractivity contribution in [3.8, 4) is 0 Å². The van der Waals surface area contributed by atoms with Gasteiger partial charge in [-0.1, -0.05) is 6.92 Å². The van der Waals surface area contributed by atoms with Gasteiger partial charge in [0.1, 0.15) is 6.04 Å². The molecule has 0 aromatic heterocycles. The highest BCUT2D eigenvalue weighted by Crippen LogP contribution is 2.11. The van der Waals surface area contributed by atoms with E-state index in [1.165, 1.54) is 0 Å². The molecule has 4 nitrogen and oxygen atoms in total. The number of likely N-dealkylation sites (N-methyl/N-ethyl adjacent to an activating group) is 1. The molecule has 0 aliphatic carbocycles. The lowest BCUT2D eigenvalue weighted by atomic mass is 10.1. The van der Waals surface area contributed by atoms with Gasteiger partial charge in [-0.05, 0) is 20.4 Å². The number of hydrogen-bond donors (Lipinski definition) is 1. The SMILES string of the molecule is CCN1CCN(C(C)C(=O)O)CC1C. The molecule has 1 heterocycles. The van der Waals surface area contributed by atoms with Crippen molar-refractivity contribution in [2.75, 3.05) is 26.2 Å². The molecule has 0 radical (unpaired) electrons. The number of piperazine rings is 1. The van der Waals surface area contributed by atoms with Crippen molar-refractivity contribution in [2.24, 2.45) is 0 Å². The molecule has 4 heteroatoms. The Balaban J connectivity index is 2.50. The van der Waals surface area contributed by atoms with Crippen LogP contribution in [0.15, 0.2) is 0 Å². The zero-order valence-corrected chi connectivity index (χ0v) is 9.23. The fourth-order valence-electron chi connectivity index (χ4n) is 2.00. The van der Waals surface area contributed by atoms with E-state index in [1.54, 1.807) is 6.92 Å². The van der Waals surface area contributed by atoms with Crippen molar-refractivity contribution in [3.63, 3.8) is 0 Å². The van der Waals surface area contributed by atoms with Crippen LogP contribution in [0.3, 0.4) is 0 Å². The van der Waals surface area contributed by atoms with Gasteiger partial charge in [0, 0.05) is 25.7 Å². The Morgan fingerprint density at radius 3 is 2.64 bits per heavy atom. The molecule has 1 rings (SSSR count). The summed E-state index contributed by atoms with van der Waals surface area (Å²) >= 11 is 0. The average Bonchev–Trinajstić information content (AvgIpc) is 2.16. The Kier molecular flexibility index (Phi) is 3.89. The molecule has 1 N–H and O–H groups in total. The van der Waals surface area contributed by atoms with E-state index in [0.717, 1.165) is 26.2 Å². The summed E-state index contributed by atoms with van der Waals surface area (Å²) in [6.07, 6.45) is 0. The van der Waals surface area contributed by atoms with Crippen molar-refractivity contribution >= 4 is 5.97 Å². The molecule has 0 aromatic rings. The van der Waals surface area contributed by atoms with Gasteiger partial charge in [0.25, 0.3) is 0 Å². The largest absolute Gasteiger partial charge is 0.480 e. The molecule has 0 spiro atoms. The number of nitrogens with zero attached hydrogens (tertiary/aromatic N) is 2. The van der Waals surface area contributed by atoms with Crippen molar-refractivity contribution in [1.29, 1.82) is 0 Å². The van der Waals surface area contributed by atoms with Gasteiger partial charge in [-0.3, -0.25) is 14.6 Å². The standard InChI is InChI=1S/C10H20N2O2/c1-4-11-5-6-12(7-8(11)2)9(3)10(13)14/h8-9H,4-7H2,1-3H3,(H,13,14). The van der Waals surface area contributed by atoms with Crippen LogP contribution in [0.2, 0.25) is 0 Å². The molecule has 1 fully saturated rings. The van der Waals surface area contributed by atoms with Gasteiger partial charge in [-0.15, -0.1) is 0 Å². The second-order valence-electron chi connectivity index (χ2n) is 3.99. The number of rotatable bonds is 3. The fraction of sp³-hybridized carbons (Fsp3) is 0.900. The molecule has 1 aliphatic heterocycles. The predicted octanol–water partition coefficient (Wildman–Crippen LogP) is 0.485. The minimum atomic E-state index is -0.720. The Morgan fingerprint density at radius 2 is 2.21 bits per heavy atom. The van der Waals surface area contributed by atoms with E-state index in [2.05, 4.69) is 18.7 Å². The Bertz CT molecular complexity index is 208. The van der Waals surface area contributed by atoms with E-state index in [1.807, 2.05) is 4.90 Å². The first-order chi connectivity index (χ1) is 6.56. The third-order valence-electron chi connectivity index (χ3n) is 3.11. The minimum absolute atomic E-state index is 0.351. The summed E-state index contributed by atoms with van der Waals surface area (Å²) in [6.45, 7) is 9.83. The van der Waals surface area contributed by atoms with E-state index in [0.29, 0.717) is 6.04 Å². The van der Waals surface area contributed by atoms with Gasteiger partial charge in [-0.2, -0.15) is 0 Å². The second kappa shape index (κ2) is 4.75. The van der Waals surface area contributed by atoms with Crippen LogP contribution in [-0.4, -0.2) is 59.1 Å². The summed E-state index contributed by atoms with van der Waals surface area (Å²) in [4.78, 5) is 15.2. The zero-order valence-electron chi connectivity index (χ0n) is 9.23. The first-order valence-electron chi connectivity index (χ1n) is 5.27. The van der Waals surface area contributed by atoms with Crippen LogP contribution in [0.4, 0.5) is 0 Å². The van der Waals surface area contributed by atoms with Gasteiger partial charge < -0.3 is 5.11 Å². The maximum atomic E-state index is 10.8. The molecule has 2 atom stereocenters. The van der Waals surface area contributed by atoms with Crippen LogP contribution >= 0.6 is 0 Å². The highest BCUT2D eigenvalue weighted by atomic mass is 16.4. The molecule has 2 unspecified atom stereocenters. The average molecular weight is 200 g/mol. The minimum Gasteiger partial charge on any atom is -0.480 e. The van der Waals surface area contributed by atoms with Gasteiger partial charge in [0.15, 0.2) is 0 Å². The summed E-state index contributed by atoms with van der Waals surface area (Å²) in [5.41, 5.74) is 0. The van der Waals surface area contributed by atoms with Gasteiger partial charge in [-0.25, -0.2) is 0 Å². The highest BCUT2D eigenvalue weighted by Gasteiger charge is 2.28. The lowest BCUT2D eigenvalue weighted by molar-refractivity contribution is -0.143. The first-order valence-corrected chi connectivity index (χ1v) is 5.27. The Hall–Kier alpha value is -0.610. The van der Waals surface area contributed by atoms with Crippen LogP contribution in [0.1, 0.15) is 20.8 Å². The summed E-state index contributed by atoms with van der Waals surface area (Å²) in [5.74, 6) is -0.720. The van der Waals surface area contributed by atoms with Crippen molar-refractivity contribution < 1.29 is 9.90 Å². The summed E-state index contributed by atoms with van der Waals surface area (Å²) in [6, 6.07) is 0.118. The molecule has 0 aromatic carbocycles. The van der Waals surface area contributed by atoms with E-state index < -0.39 is 5.97 Å². The van der Waals surface area contributed by atoms with Crippen molar-refractivity contribution in [3.05, 3.63) is 0 Å². The molecule has 14 heavy (non-hydrogen) atoms. The maximum absolute atomic E-state index is 10.8. The third kappa shape index (κ3) is 2.45. The number of carboxylic acids is 1. The smallest absolute Gasteiger partial charge is 0.320 e. The van der Waals surface area contributed by atoms with Crippen molar-refractivity contribution in [1.82, 2.24) is 9.80 Å². The van der Waals surface area contributed by atoms with E-state index in [4.69, 9.17) is 5.11 Å². The molecular formula is C10H20N2O2. The molecule has 1 aliphatic rings. The summed E-state index contributed by atoms with van der Waals surface area (Å²) in [7, 11) is 0. The number of carbonyl (C=O) groups is 1. The van der Waals surface area contributed by atoms with Crippen LogP contribution in [0, 0.1) is 0 Å². The lowest BCUT2D eigenvalue weighted by Gasteiger charge is -2.40. The molecule has 0 saturated carbocycles. The molecule has 0 bridgehead atoms. The maximum Gasteiger partial charge on any atom is 0.320 e. The Morgan fingerprint density at radius 1 is 1.57 bits per heavy atom. The molecule has 1 saturated heterocycles. The van der Waals surface area contributed by atoms with Crippen LogP contribution in [0.5, 0.6) is 0 Å². The van der Waals surface area contributed by atoms with Gasteiger partial charge in [0.2, 0.25) is 0 Å². The normalized spacial score (nSPS) is 27.5. The van der Waals surface area contributed by atoms with Gasteiger partial charge >= 0.3 is 5.97 Å². The number of aliphatic carboxylic acids is 1. The second-order valence-corrected chi connectivity index (χ2v) is 3.99. The number of hydrogen-bond acceptors (Lipinski definition) is 3. The fourth-order valence-corrected chi connectivity index (χ4v) is 2.00. The lowest BCUT2D eigenvalue weighted by Crippen LogP contribution is -2.55. The van der Waals surface area contributed by atoms with Gasteiger partial charge in [0.05, 0.1) is 0 Å². The third-order valence-corrected chi connectivity index (χ3v) is 3.11. The zero-order chi connectivity index (χ0) is 10.7.